The van der Waals surface area contributed by atoms with Crippen LogP contribution >= 0.6 is 0 Å². The van der Waals surface area contributed by atoms with E-state index in [9.17, 15) is 0 Å². The van der Waals surface area contributed by atoms with Crippen LogP contribution in [0.3, 0.4) is 0 Å². The van der Waals surface area contributed by atoms with Crippen LogP contribution in [0.1, 0.15) is 89.9 Å². The van der Waals surface area contributed by atoms with Crippen LogP contribution < -0.4 is 0 Å². The summed E-state index contributed by atoms with van der Waals surface area (Å²) in [6, 6.07) is 4.39. The quantitative estimate of drug-likeness (QED) is 0.324. The smallest absolute Gasteiger partial charge is 0.0841 e. The van der Waals surface area contributed by atoms with E-state index >= 15 is 0 Å². The van der Waals surface area contributed by atoms with Gasteiger partial charge >= 0.3 is 0 Å². The zero-order chi connectivity index (χ0) is 15.2. The summed E-state index contributed by atoms with van der Waals surface area (Å²) < 4.78 is 5.72. The molecule has 2 atom stereocenters. The molecule has 1 heterocycles. The number of hydrogen-bond acceptors (Lipinski definition) is 3. The monoisotopic (exact) mass is 290 g/mol. The lowest BCUT2D eigenvalue weighted by Gasteiger charge is -1.99. The number of epoxide rings is 1. The van der Waals surface area contributed by atoms with Gasteiger partial charge in [-0.3, -0.25) is 0 Å². The molecule has 1 aliphatic heterocycles. The van der Waals surface area contributed by atoms with Crippen LogP contribution in [0.15, 0.2) is 0 Å². The Morgan fingerprint density at radius 1 is 0.571 bits per heavy atom. The van der Waals surface area contributed by atoms with E-state index in [2.05, 4.69) is 12.1 Å². The van der Waals surface area contributed by atoms with Crippen molar-refractivity contribution in [1.82, 2.24) is 0 Å². The highest BCUT2D eigenvalue weighted by atomic mass is 16.6. The van der Waals surface area contributed by atoms with E-state index in [-0.39, 0.29) is 0 Å². The van der Waals surface area contributed by atoms with Gasteiger partial charge in [-0.15, -0.1) is 0 Å². The molecule has 0 radical (unpaired) electrons. The van der Waals surface area contributed by atoms with Crippen LogP contribution in [-0.2, 0) is 4.74 Å². The minimum absolute atomic E-state index is 0.544. The average molecular weight is 290 g/mol. The Morgan fingerprint density at radius 2 is 0.952 bits per heavy atom. The molecule has 0 bridgehead atoms. The van der Waals surface area contributed by atoms with Gasteiger partial charge in [0.25, 0.3) is 0 Å². The third-order valence-corrected chi connectivity index (χ3v) is 4.24. The first-order chi connectivity index (χ1) is 10.4. The molecule has 1 rings (SSSR count). The molecule has 0 N–H and O–H groups in total. The first kappa shape index (κ1) is 18.0. The fraction of sp³-hybridized carbons (Fsp3) is 0.889. The second kappa shape index (κ2) is 12.7. The Morgan fingerprint density at radius 3 is 1.38 bits per heavy atom. The summed E-state index contributed by atoms with van der Waals surface area (Å²) >= 11 is 0. The molecular weight excluding hydrogens is 260 g/mol. The first-order valence-electron chi connectivity index (χ1n) is 8.78. The van der Waals surface area contributed by atoms with Crippen molar-refractivity contribution in [2.75, 3.05) is 0 Å². The van der Waals surface area contributed by atoms with E-state index in [0.29, 0.717) is 25.0 Å². The Bertz CT molecular complexity index is 297. The summed E-state index contributed by atoms with van der Waals surface area (Å²) in [5, 5.41) is 16.9. The van der Waals surface area contributed by atoms with Crippen molar-refractivity contribution in [3.8, 4) is 12.1 Å². The molecule has 1 aliphatic rings. The number of nitriles is 2. The van der Waals surface area contributed by atoms with Gasteiger partial charge in [0.15, 0.2) is 0 Å². The Balaban J connectivity index is 1.76. The molecule has 0 aliphatic carbocycles. The van der Waals surface area contributed by atoms with Gasteiger partial charge in [0.1, 0.15) is 0 Å². The Labute approximate surface area is 130 Å². The zero-order valence-electron chi connectivity index (χ0n) is 13.4. The van der Waals surface area contributed by atoms with E-state index in [1.54, 1.807) is 0 Å². The summed E-state index contributed by atoms with van der Waals surface area (Å²) in [6.07, 6.45) is 17.2. The molecule has 21 heavy (non-hydrogen) atoms. The molecule has 0 spiro atoms. The van der Waals surface area contributed by atoms with Gasteiger partial charge in [-0.2, -0.15) is 10.5 Å². The summed E-state index contributed by atoms with van der Waals surface area (Å²) in [6.45, 7) is 0. The Kier molecular flexibility index (Phi) is 10.8. The molecule has 118 valence electrons. The zero-order valence-corrected chi connectivity index (χ0v) is 13.4. The van der Waals surface area contributed by atoms with Crippen LogP contribution in [0.25, 0.3) is 0 Å². The van der Waals surface area contributed by atoms with Gasteiger partial charge in [-0.1, -0.05) is 51.4 Å². The summed E-state index contributed by atoms with van der Waals surface area (Å²) in [5.74, 6) is 0. The molecule has 0 aromatic heterocycles. The molecule has 3 heteroatoms. The maximum absolute atomic E-state index is 8.44. The second-order valence-corrected chi connectivity index (χ2v) is 6.14. The van der Waals surface area contributed by atoms with Crippen LogP contribution in [0.5, 0.6) is 0 Å². The van der Waals surface area contributed by atoms with Crippen molar-refractivity contribution in [3.63, 3.8) is 0 Å². The largest absolute Gasteiger partial charge is 0.370 e. The van der Waals surface area contributed by atoms with Crippen molar-refractivity contribution in [1.29, 1.82) is 10.5 Å². The van der Waals surface area contributed by atoms with E-state index in [4.69, 9.17) is 15.3 Å². The van der Waals surface area contributed by atoms with Crippen molar-refractivity contribution < 1.29 is 4.74 Å². The predicted molar refractivity (Wildman–Crippen MR) is 84.5 cm³/mol. The lowest BCUT2D eigenvalue weighted by Crippen LogP contribution is -1.94. The third kappa shape index (κ3) is 10.3. The van der Waals surface area contributed by atoms with E-state index < -0.39 is 0 Å². The summed E-state index contributed by atoms with van der Waals surface area (Å²) in [4.78, 5) is 0. The van der Waals surface area contributed by atoms with E-state index in [0.717, 1.165) is 12.8 Å². The molecule has 1 saturated heterocycles. The topological polar surface area (TPSA) is 60.1 Å². The highest BCUT2D eigenvalue weighted by Crippen LogP contribution is 2.31. The molecule has 0 amide bonds. The predicted octanol–water partition coefficient (Wildman–Crippen LogP) is 5.26. The van der Waals surface area contributed by atoms with Gasteiger partial charge < -0.3 is 4.74 Å². The maximum atomic E-state index is 8.44. The van der Waals surface area contributed by atoms with Crippen LogP contribution in [0.2, 0.25) is 0 Å². The first-order valence-corrected chi connectivity index (χ1v) is 8.78. The van der Waals surface area contributed by atoms with E-state index in [1.165, 1.54) is 64.2 Å². The number of ether oxygens (including phenoxy) is 1. The molecular formula is C18H30N2O. The highest BCUT2D eigenvalue weighted by Gasteiger charge is 2.36. The Hall–Kier alpha value is -1.06. The molecule has 0 aromatic carbocycles. The lowest BCUT2D eigenvalue weighted by atomic mass is 10.0. The molecule has 0 aromatic rings. The minimum Gasteiger partial charge on any atom is -0.370 e. The fourth-order valence-corrected chi connectivity index (χ4v) is 2.85. The normalized spacial score (nSPS) is 19.9. The van der Waals surface area contributed by atoms with Crippen molar-refractivity contribution >= 4 is 0 Å². The van der Waals surface area contributed by atoms with Gasteiger partial charge in [-0.05, 0) is 25.7 Å². The summed E-state index contributed by atoms with van der Waals surface area (Å²) in [5.41, 5.74) is 0. The maximum Gasteiger partial charge on any atom is 0.0841 e. The average Bonchev–Trinajstić information content (AvgIpc) is 3.24. The number of unbranched alkanes of at least 4 members (excludes halogenated alkanes) is 10. The molecule has 0 saturated carbocycles. The standard InChI is InChI=1S/C18H30N2O/c19-15-11-7-3-1-5-9-13-17-18(21-17)14-10-6-2-4-8-12-16-20/h17-18H,1-14H2/t17-,18+. The molecule has 3 nitrogen and oxygen atoms in total. The van der Waals surface area contributed by atoms with Crippen molar-refractivity contribution in [3.05, 3.63) is 0 Å². The van der Waals surface area contributed by atoms with Crippen molar-refractivity contribution in [2.45, 2.75) is 102 Å². The lowest BCUT2D eigenvalue weighted by molar-refractivity contribution is 0.347. The van der Waals surface area contributed by atoms with Crippen LogP contribution in [0, 0.1) is 22.7 Å². The third-order valence-electron chi connectivity index (χ3n) is 4.24. The van der Waals surface area contributed by atoms with Gasteiger partial charge in [0.05, 0.1) is 24.3 Å². The van der Waals surface area contributed by atoms with Crippen LogP contribution in [0.4, 0.5) is 0 Å². The van der Waals surface area contributed by atoms with E-state index in [1.807, 2.05) is 0 Å². The fourth-order valence-electron chi connectivity index (χ4n) is 2.85. The minimum atomic E-state index is 0.544. The number of nitrogens with zero attached hydrogens (tertiary/aromatic N) is 2. The molecule has 1 fully saturated rings. The van der Waals surface area contributed by atoms with Gasteiger partial charge in [0.2, 0.25) is 0 Å². The molecule has 0 unspecified atom stereocenters. The highest BCUT2D eigenvalue weighted by molar-refractivity contribution is 4.84. The van der Waals surface area contributed by atoms with Gasteiger partial charge in [-0.25, -0.2) is 0 Å². The number of rotatable bonds is 14. The van der Waals surface area contributed by atoms with Crippen molar-refractivity contribution in [2.24, 2.45) is 0 Å². The summed E-state index contributed by atoms with van der Waals surface area (Å²) in [7, 11) is 0. The van der Waals surface area contributed by atoms with Gasteiger partial charge in [0, 0.05) is 12.8 Å². The number of hydrogen-bond donors (Lipinski definition) is 0. The second-order valence-electron chi connectivity index (χ2n) is 6.14. The SMILES string of the molecule is N#CCCCCCCC[C@@H]1O[C@@H]1CCCCCCCC#N. The van der Waals surface area contributed by atoms with Crippen LogP contribution in [-0.4, -0.2) is 12.2 Å².